The molecular weight excluding hydrogens is 1540 g/mol. The molecule has 2 N–H and O–H groups in total. The number of hydrogen-bond donors (Lipinski definition) is 2. The molecule has 0 saturated carbocycles. The van der Waals surface area contributed by atoms with Gasteiger partial charge in [0.2, 0.25) is 0 Å². The van der Waals surface area contributed by atoms with E-state index in [0.29, 0.717) is 31.1 Å². The maximum absolute atomic E-state index is 15.5. The maximum Gasteiger partial charge on any atom is 0.173 e. The van der Waals surface area contributed by atoms with Crippen LogP contribution < -0.4 is 67.2 Å². The zero-order valence-corrected chi connectivity index (χ0v) is 79.6. The zero-order valence-electron chi connectivity index (χ0n) is 77.0. The van der Waals surface area contributed by atoms with Gasteiger partial charge in [-0.15, -0.1) is 0 Å². The molecule has 0 bridgehead atoms. The van der Waals surface area contributed by atoms with E-state index in [1.54, 1.807) is 0 Å². The van der Waals surface area contributed by atoms with Crippen molar-refractivity contribution in [2.45, 2.75) is 177 Å². The lowest BCUT2D eigenvalue weighted by atomic mass is 9.79. The van der Waals surface area contributed by atoms with Crippen molar-refractivity contribution in [1.29, 1.82) is 0 Å². The summed E-state index contributed by atoms with van der Waals surface area (Å²) in [5.74, 6) is 1.77. The van der Waals surface area contributed by atoms with Crippen LogP contribution in [0.25, 0.3) is 0 Å². The number of hydrogen-bond acceptors (Lipinski definition) is 9. The van der Waals surface area contributed by atoms with Crippen LogP contribution in [0.3, 0.4) is 0 Å². The second-order valence-electron chi connectivity index (χ2n) is 38.8. The molecule has 0 aromatic heterocycles. The highest BCUT2D eigenvalue weighted by Crippen LogP contribution is 2.48. The second kappa shape index (κ2) is 40.2. The standard InChI is InChI=1S/C37H47N2O2P.C37H47N2OP.C35H42NOP/c1-36(2,3)29-25-28(35(40)32(26-29)37(4,5)6)27-39(24-23-38(7)8)33-21-15-16-22-34(33)42(41,30-17-11-9-12-18-30)31-19-13-10-14-20-31;1-36(2,3)29-25-28(35(40)32(26-29)37(4,5)6)27-39(24-23-38(7)8)33-21-15-16-22-34(33)41(30-17-11-9-12-18-30)31-19-13-10-14-20-31;1-34(2,3)27-23-26(33(37-8)30(24-27)35(4,5)6)25-36(7)31-21-15-16-22-32(31)38(28-17-11-9-12-18-28)29-19-13-10-14-20-29/h9-22,25-26,40H,23-24,27H2,1-8H3;9-22,25-26,40H,23-24,27H2,1-8H3;9-24H,25H2,1-8H3. The number of rotatable bonds is 25. The lowest BCUT2D eigenvalue weighted by Gasteiger charge is -2.33. The fraction of sp³-hybridized carbons (Fsp3) is 0.339. The Kier molecular flexibility index (Phi) is 31.1. The molecule has 0 saturated heterocycles. The van der Waals surface area contributed by atoms with Crippen molar-refractivity contribution in [2.75, 3.05) is 83.2 Å². The smallest absolute Gasteiger partial charge is 0.173 e. The highest BCUT2D eigenvalue weighted by atomic mass is 31.2. The third-order valence-electron chi connectivity index (χ3n) is 22.4. The molecule has 12 rings (SSSR count). The van der Waals surface area contributed by atoms with Crippen molar-refractivity contribution in [3.8, 4) is 17.2 Å². The Morgan fingerprint density at radius 3 is 0.942 bits per heavy atom. The molecule has 121 heavy (non-hydrogen) atoms. The number of benzene rings is 12. The Labute approximate surface area is 730 Å². The first-order chi connectivity index (χ1) is 57.1. The lowest BCUT2D eigenvalue weighted by Crippen LogP contribution is -2.36. The number of methoxy groups -OCH3 is 1. The minimum atomic E-state index is -3.22. The van der Waals surface area contributed by atoms with Gasteiger partial charge in [0.1, 0.15) is 17.2 Å². The first kappa shape index (κ1) is 93.7. The van der Waals surface area contributed by atoms with Crippen LogP contribution in [0.15, 0.2) is 291 Å². The number of para-hydroxylation sites is 3. The second-order valence-corrected chi connectivity index (χ2v) is 45.9. The van der Waals surface area contributed by atoms with Crippen LogP contribution in [0.2, 0.25) is 0 Å². The number of aromatic hydroxyl groups is 2. The lowest BCUT2D eigenvalue weighted by molar-refractivity contribution is 0.391. The van der Waals surface area contributed by atoms with Crippen molar-refractivity contribution >= 4 is 87.8 Å². The summed E-state index contributed by atoms with van der Waals surface area (Å²) < 4.78 is 21.6. The molecule has 636 valence electrons. The molecular formula is C109H136N5O4P3. The summed E-state index contributed by atoms with van der Waals surface area (Å²) in [6.45, 7) is 45.2. The summed E-state index contributed by atoms with van der Waals surface area (Å²) in [7, 11) is 7.70. The highest BCUT2D eigenvalue weighted by Gasteiger charge is 2.36. The topological polar surface area (TPSA) is 83.0 Å². The van der Waals surface area contributed by atoms with E-state index < -0.39 is 23.0 Å². The molecule has 12 heteroatoms. The molecule has 0 atom stereocenters. The minimum Gasteiger partial charge on any atom is -0.507 e. The molecule has 12 aromatic carbocycles. The van der Waals surface area contributed by atoms with Gasteiger partial charge in [-0.1, -0.05) is 373 Å². The number of anilines is 3. The Bertz CT molecular complexity index is 5250. The fourth-order valence-electron chi connectivity index (χ4n) is 15.4. The predicted octanol–water partition coefficient (Wildman–Crippen LogP) is 22.2. The molecule has 0 aliphatic carbocycles. The quantitative estimate of drug-likeness (QED) is 0.0544. The van der Waals surface area contributed by atoms with Gasteiger partial charge in [0.05, 0.1) is 7.11 Å². The van der Waals surface area contributed by atoms with Crippen molar-refractivity contribution in [3.63, 3.8) is 0 Å². The number of phenols is 2. The van der Waals surface area contributed by atoms with E-state index in [4.69, 9.17) is 4.74 Å². The summed E-state index contributed by atoms with van der Waals surface area (Å²) >= 11 is 0. The fourth-order valence-corrected chi connectivity index (χ4v) is 23.3. The van der Waals surface area contributed by atoms with Gasteiger partial charge in [-0.2, -0.15) is 0 Å². The zero-order chi connectivity index (χ0) is 88.0. The Hall–Kier alpha value is -9.55. The normalized spacial score (nSPS) is 12.3. The summed E-state index contributed by atoms with van der Waals surface area (Å²) in [5, 5.41) is 33.9. The summed E-state index contributed by atoms with van der Waals surface area (Å²) in [4.78, 5) is 11.6. The number of nitrogens with zero attached hydrogens (tertiary/aromatic N) is 5. The largest absolute Gasteiger partial charge is 0.507 e. The summed E-state index contributed by atoms with van der Waals surface area (Å²) in [6.07, 6.45) is 0. The Morgan fingerprint density at radius 1 is 0.314 bits per heavy atom. The van der Waals surface area contributed by atoms with Crippen LogP contribution in [-0.4, -0.2) is 88.5 Å². The van der Waals surface area contributed by atoms with E-state index in [1.807, 2.05) is 86.0 Å². The molecule has 9 nitrogen and oxygen atoms in total. The van der Waals surface area contributed by atoms with Gasteiger partial charge in [0.15, 0.2) is 7.14 Å². The Morgan fingerprint density at radius 2 is 0.603 bits per heavy atom. The van der Waals surface area contributed by atoms with E-state index in [0.717, 1.165) is 75.8 Å². The average Bonchev–Trinajstić information content (AvgIpc) is 0.751. The molecule has 0 aliphatic rings. The average molecular weight is 1670 g/mol. The molecule has 0 heterocycles. The van der Waals surface area contributed by atoms with Gasteiger partial charge in [0, 0.05) is 119 Å². The maximum atomic E-state index is 15.5. The van der Waals surface area contributed by atoms with E-state index in [-0.39, 0.29) is 32.5 Å². The van der Waals surface area contributed by atoms with E-state index >= 15 is 4.57 Å². The third kappa shape index (κ3) is 23.8. The van der Waals surface area contributed by atoms with Gasteiger partial charge in [-0.05, 0) is 168 Å². The van der Waals surface area contributed by atoms with Crippen LogP contribution in [-0.2, 0) is 56.7 Å². The van der Waals surface area contributed by atoms with Crippen LogP contribution >= 0.6 is 23.0 Å². The Balaban J connectivity index is 0.000000191. The van der Waals surface area contributed by atoms with Crippen LogP contribution in [0, 0.1) is 0 Å². The summed E-state index contributed by atoms with van der Waals surface area (Å²) in [5.41, 5.74) is 13.1. The molecule has 0 radical (unpaired) electrons. The molecule has 12 aromatic rings. The van der Waals surface area contributed by atoms with Gasteiger partial charge in [-0.25, -0.2) is 0 Å². The van der Waals surface area contributed by atoms with E-state index in [1.165, 1.54) is 71.0 Å². The van der Waals surface area contributed by atoms with E-state index in [9.17, 15) is 10.2 Å². The van der Waals surface area contributed by atoms with Crippen LogP contribution in [0.1, 0.15) is 175 Å². The van der Waals surface area contributed by atoms with E-state index in [2.05, 4.69) is 397 Å². The summed E-state index contributed by atoms with van der Waals surface area (Å²) in [6, 6.07) is 103. The van der Waals surface area contributed by atoms with Gasteiger partial charge in [0.25, 0.3) is 0 Å². The molecule has 0 amide bonds. The van der Waals surface area contributed by atoms with Crippen molar-refractivity contribution in [2.24, 2.45) is 0 Å². The molecule has 0 unspecified atom stereocenters. The minimum absolute atomic E-state index is 0.0211. The molecule has 0 spiro atoms. The number of phenolic OH excluding ortho intramolecular Hbond substituents is 2. The third-order valence-corrected chi connectivity index (χ3v) is 30.5. The van der Waals surface area contributed by atoms with Crippen molar-refractivity contribution in [3.05, 3.63) is 341 Å². The van der Waals surface area contributed by atoms with Crippen molar-refractivity contribution in [1.82, 2.24) is 9.80 Å². The van der Waals surface area contributed by atoms with Gasteiger partial charge in [-0.3, -0.25) is 0 Å². The molecule has 0 aliphatic heterocycles. The van der Waals surface area contributed by atoms with Crippen LogP contribution in [0.5, 0.6) is 17.2 Å². The number of ether oxygens (including phenoxy) is 1. The van der Waals surface area contributed by atoms with Crippen molar-refractivity contribution < 1.29 is 19.5 Å². The number of likely N-dealkylation sites (N-methyl/N-ethyl adjacent to an activating group) is 2. The SMILES string of the molecule is CN(C)CCN(Cc1cc(C(C)(C)C)cc(C(C)(C)C)c1O)c1ccccc1P(=O)(c1ccccc1)c1ccccc1.CN(C)CCN(Cc1cc(C(C)(C)C)cc(C(C)(C)C)c1O)c1ccccc1P(c1ccccc1)c1ccccc1.COc1c(CN(C)c2ccccc2P(c2ccccc2)c2ccccc2)cc(C(C)(C)C)cc1C(C)(C)C. The molecule has 0 fully saturated rings. The highest BCUT2D eigenvalue weighted by molar-refractivity contribution is 7.85. The monoisotopic (exact) mass is 1670 g/mol. The van der Waals surface area contributed by atoms with Gasteiger partial charge >= 0.3 is 0 Å². The first-order valence-electron chi connectivity index (χ1n) is 42.8. The van der Waals surface area contributed by atoms with Gasteiger partial charge < -0.3 is 44.0 Å². The first-order valence-corrected chi connectivity index (χ1v) is 47.2. The van der Waals surface area contributed by atoms with Crippen LogP contribution in [0.4, 0.5) is 17.1 Å². The predicted molar refractivity (Wildman–Crippen MR) is 529 cm³/mol.